The first-order valence-electron chi connectivity index (χ1n) is 8.35. The van der Waals surface area contributed by atoms with E-state index in [9.17, 15) is 14.4 Å². The summed E-state index contributed by atoms with van der Waals surface area (Å²) in [5.41, 5.74) is 1.98. The van der Waals surface area contributed by atoms with Crippen molar-refractivity contribution in [2.75, 3.05) is 6.61 Å². The topological polar surface area (TPSA) is 88.3 Å². The molecule has 0 aliphatic heterocycles. The Morgan fingerprint density at radius 2 is 1.74 bits per heavy atom. The number of nitrogens with one attached hydrogen (secondary N) is 2. The number of aromatic nitrogens is 1. The average molecular weight is 362 g/mol. The molecule has 2 N–H and O–H groups in total. The molecule has 0 aliphatic rings. The fourth-order valence-corrected chi connectivity index (χ4v) is 2.64. The number of carbonyl (C=O) groups excluding carboxylic acids is 3. The van der Waals surface area contributed by atoms with Crippen molar-refractivity contribution in [3.63, 3.8) is 0 Å². The number of amides is 1. The number of hydrogen-bond acceptors (Lipinski definition) is 4. The van der Waals surface area contributed by atoms with Crippen molar-refractivity contribution in [1.29, 1.82) is 0 Å². The van der Waals surface area contributed by atoms with E-state index in [1.807, 2.05) is 42.5 Å². The smallest absolute Gasteiger partial charge is 0.355 e. The zero-order valence-electron chi connectivity index (χ0n) is 14.7. The van der Waals surface area contributed by atoms with Gasteiger partial charge in [0.25, 0.3) is 0 Å². The lowest BCUT2D eigenvalue weighted by Gasteiger charge is -2.08. The first kappa shape index (κ1) is 18.1. The molecule has 0 radical (unpaired) electrons. The number of ketones is 1. The largest absolute Gasteiger partial charge is 0.453 e. The van der Waals surface area contributed by atoms with Crippen LogP contribution in [0.2, 0.25) is 0 Å². The van der Waals surface area contributed by atoms with Gasteiger partial charge in [0.05, 0.1) is 0 Å². The van der Waals surface area contributed by atoms with Crippen LogP contribution in [-0.2, 0) is 14.3 Å². The summed E-state index contributed by atoms with van der Waals surface area (Å²) in [4.78, 5) is 39.2. The van der Waals surface area contributed by atoms with Crippen LogP contribution in [0.4, 0.5) is 0 Å². The number of carbonyl (C=O) groups is 3. The molecule has 3 rings (SSSR count). The van der Waals surface area contributed by atoms with Gasteiger partial charge in [-0.3, -0.25) is 9.59 Å². The molecule has 136 valence electrons. The molecule has 0 aliphatic carbocycles. The lowest BCUT2D eigenvalue weighted by molar-refractivity contribution is -0.139. The maximum atomic E-state index is 12.4. The van der Waals surface area contributed by atoms with Gasteiger partial charge < -0.3 is 15.0 Å². The minimum Gasteiger partial charge on any atom is -0.453 e. The molecular weight excluding hydrogens is 344 g/mol. The van der Waals surface area contributed by atoms with Crippen LogP contribution in [0, 0.1) is 0 Å². The van der Waals surface area contributed by atoms with E-state index in [0.29, 0.717) is 5.56 Å². The van der Waals surface area contributed by atoms with Crippen molar-refractivity contribution in [1.82, 2.24) is 10.3 Å². The summed E-state index contributed by atoms with van der Waals surface area (Å²) in [5.74, 6) is -1.51. The first-order valence-corrected chi connectivity index (χ1v) is 8.35. The molecule has 6 nitrogen and oxygen atoms in total. The Bertz CT molecular complexity index is 1020. The molecule has 0 saturated carbocycles. The Morgan fingerprint density at radius 1 is 1.04 bits per heavy atom. The van der Waals surface area contributed by atoms with E-state index >= 15 is 0 Å². The molecule has 2 aromatic carbocycles. The fourth-order valence-electron chi connectivity index (χ4n) is 2.64. The van der Waals surface area contributed by atoms with Crippen molar-refractivity contribution >= 4 is 34.6 Å². The van der Waals surface area contributed by atoms with E-state index in [0.717, 1.165) is 16.5 Å². The van der Waals surface area contributed by atoms with E-state index in [1.54, 1.807) is 18.3 Å². The number of hydrogen-bond donors (Lipinski definition) is 2. The highest BCUT2D eigenvalue weighted by atomic mass is 16.5. The summed E-state index contributed by atoms with van der Waals surface area (Å²) in [5, 5.41) is 3.21. The van der Waals surface area contributed by atoms with Gasteiger partial charge in [-0.05, 0) is 17.7 Å². The van der Waals surface area contributed by atoms with E-state index in [4.69, 9.17) is 4.74 Å². The standard InChI is InChI=1S/C21H18N2O4/c1-14(24)23-19(11-15-7-3-2-4-8-15)21(26)27-13-20(25)17-12-22-18-10-6-5-9-16(17)18/h2-12,22H,13H2,1H3,(H,23,24). The summed E-state index contributed by atoms with van der Waals surface area (Å²) in [6, 6.07) is 16.4. The lowest BCUT2D eigenvalue weighted by Crippen LogP contribution is -2.27. The summed E-state index contributed by atoms with van der Waals surface area (Å²) in [6.07, 6.45) is 3.09. The second-order valence-corrected chi connectivity index (χ2v) is 5.90. The minimum absolute atomic E-state index is 0.0274. The highest BCUT2D eigenvalue weighted by molar-refractivity contribution is 6.09. The number of fused-ring (bicyclic) bond motifs is 1. The molecule has 3 aromatic rings. The highest BCUT2D eigenvalue weighted by Gasteiger charge is 2.17. The normalized spacial score (nSPS) is 11.2. The molecule has 0 fully saturated rings. The van der Waals surface area contributed by atoms with Gasteiger partial charge in [-0.15, -0.1) is 0 Å². The lowest BCUT2D eigenvalue weighted by atomic mass is 10.1. The Kier molecular flexibility index (Phi) is 5.47. The Hall–Kier alpha value is -3.67. The van der Waals surface area contributed by atoms with E-state index in [2.05, 4.69) is 10.3 Å². The van der Waals surface area contributed by atoms with Gasteiger partial charge in [0.15, 0.2) is 6.61 Å². The third kappa shape index (κ3) is 4.49. The number of Topliss-reactive ketones (excluding diaryl/α,β-unsaturated/α-hetero) is 1. The Morgan fingerprint density at radius 3 is 2.48 bits per heavy atom. The second-order valence-electron chi connectivity index (χ2n) is 5.90. The molecule has 1 aromatic heterocycles. The van der Waals surface area contributed by atoms with Gasteiger partial charge in [0, 0.05) is 29.6 Å². The molecule has 0 bridgehead atoms. The van der Waals surface area contributed by atoms with Crippen molar-refractivity contribution in [3.8, 4) is 0 Å². The SMILES string of the molecule is CC(=O)NC(=Cc1ccccc1)C(=O)OCC(=O)c1c[nH]c2ccccc12. The van der Waals surface area contributed by atoms with Gasteiger partial charge in [-0.25, -0.2) is 4.79 Å². The van der Waals surface area contributed by atoms with Crippen LogP contribution in [0.1, 0.15) is 22.8 Å². The van der Waals surface area contributed by atoms with Crippen LogP contribution in [0.15, 0.2) is 66.5 Å². The number of H-pyrrole nitrogens is 1. The van der Waals surface area contributed by atoms with Gasteiger partial charge in [-0.2, -0.15) is 0 Å². The maximum Gasteiger partial charge on any atom is 0.355 e. The third-order valence-corrected chi connectivity index (χ3v) is 3.87. The monoisotopic (exact) mass is 362 g/mol. The van der Waals surface area contributed by atoms with Crippen LogP contribution >= 0.6 is 0 Å². The van der Waals surface area contributed by atoms with Crippen LogP contribution in [0.5, 0.6) is 0 Å². The van der Waals surface area contributed by atoms with Crippen LogP contribution < -0.4 is 5.32 Å². The molecule has 6 heteroatoms. The summed E-state index contributed by atoms with van der Waals surface area (Å²) in [6.45, 7) is 0.871. The van der Waals surface area contributed by atoms with Crippen molar-refractivity contribution in [3.05, 3.63) is 77.6 Å². The van der Waals surface area contributed by atoms with Gasteiger partial charge in [0.2, 0.25) is 11.7 Å². The van der Waals surface area contributed by atoms with Gasteiger partial charge in [0.1, 0.15) is 5.70 Å². The third-order valence-electron chi connectivity index (χ3n) is 3.87. The van der Waals surface area contributed by atoms with Crippen molar-refractivity contribution < 1.29 is 19.1 Å². The quantitative estimate of drug-likeness (QED) is 0.401. The predicted molar refractivity (Wildman–Crippen MR) is 102 cm³/mol. The van der Waals surface area contributed by atoms with Crippen LogP contribution in [0.25, 0.3) is 17.0 Å². The molecular formula is C21H18N2O4. The van der Waals surface area contributed by atoms with Gasteiger partial charge in [-0.1, -0.05) is 48.5 Å². The van der Waals surface area contributed by atoms with Crippen LogP contribution in [0.3, 0.4) is 0 Å². The Labute approximate surface area is 155 Å². The summed E-state index contributed by atoms with van der Waals surface area (Å²) in [7, 11) is 0. The molecule has 0 atom stereocenters. The second kappa shape index (κ2) is 8.14. The van der Waals surface area contributed by atoms with Crippen molar-refractivity contribution in [2.45, 2.75) is 6.92 Å². The molecule has 0 unspecified atom stereocenters. The zero-order valence-corrected chi connectivity index (χ0v) is 14.7. The minimum atomic E-state index is -0.776. The van der Waals surface area contributed by atoms with Gasteiger partial charge >= 0.3 is 5.97 Å². The van der Waals surface area contributed by atoms with Crippen LogP contribution in [-0.4, -0.2) is 29.3 Å². The predicted octanol–water partition coefficient (Wildman–Crippen LogP) is 3.07. The first-order chi connectivity index (χ1) is 13.0. The summed E-state index contributed by atoms with van der Waals surface area (Å²) >= 11 is 0. The number of aromatic amines is 1. The number of ether oxygens (including phenoxy) is 1. The average Bonchev–Trinajstić information content (AvgIpc) is 3.10. The molecule has 0 saturated heterocycles. The van der Waals surface area contributed by atoms with E-state index < -0.39 is 18.5 Å². The molecule has 0 spiro atoms. The van der Waals surface area contributed by atoms with Crippen molar-refractivity contribution in [2.24, 2.45) is 0 Å². The molecule has 27 heavy (non-hydrogen) atoms. The fraction of sp³-hybridized carbons (Fsp3) is 0.0952. The number of esters is 1. The highest BCUT2D eigenvalue weighted by Crippen LogP contribution is 2.18. The number of rotatable bonds is 6. The maximum absolute atomic E-state index is 12.4. The Balaban J connectivity index is 1.73. The molecule has 1 amide bonds. The van der Waals surface area contributed by atoms with E-state index in [1.165, 1.54) is 13.0 Å². The van der Waals surface area contributed by atoms with E-state index in [-0.39, 0.29) is 11.5 Å². The molecule has 1 heterocycles. The summed E-state index contributed by atoms with van der Waals surface area (Å²) < 4.78 is 5.13. The number of para-hydroxylation sites is 1. The number of benzene rings is 2. The zero-order chi connectivity index (χ0) is 19.2.